The smallest absolute Gasteiger partial charge is 0.237 e. The summed E-state index contributed by atoms with van der Waals surface area (Å²) in [7, 11) is 1.68. The van der Waals surface area contributed by atoms with Crippen molar-refractivity contribution in [2.75, 3.05) is 40.0 Å². The van der Waals surface area contributed by atoms with Crippen molar-refractivity contribution in [1.82, 2.24) is 10.6 Å². The highest BCUT2D eigenvalue weighted by molar-refractivity contribution is 5.82. The molecule has 0 spiro atoms. The number of hydrogen-bond acceptors (Lipinski definition) is 5. The average molecular weight is 286 g/mol. The Morgan fingerprint density at radius 3 is 3.10 bits per heavy atom. The average Bonchev–Trinajstić information content (AvgIpc) is 3.13. The number of methoxy groups -OCH3 is 1. The van der Waals surface area contributed by atoms with E-state index in [1.165, 1.54) is 0 Å². The minimum atomic E-state index is -0.118. The summed E-state index contributed by atoms with van der Waals surface area (Å²) in [5, 5.41) is 6.09. The maximum absolute atomic E-state index is 11.9. The number of carbonyl (C=O) groups is 1. The molecule has 2 fully saturated rings. The van der Waals surface area contributed by atoms with E-state index in [2.05, 4.69) is 10.6 Å². The Morgan fingerprint density at radius 2 is 2.40 bits per heavy atom. The molecule has 0 bridgehead atoms. The first-order valence-corrected chi connectivity index (χ1v) is 7.53. The van der Waals surface area contributed by atoms with Crippen molar-refractivity contribution in [3.63, 3.8) is 0 Å². The molecular formula is C14H26N2O4. The first-order valence-electron chi connectivity index (χ1n) is 7.53. The van der Waals surface area contributed by atoms with Crippen molar-refractivity contribution < 1.29 is 19.0 Å². The highest BCUT2D eigenvalue weighted by atomic mass is 16.5. The van der Waals surface area contributed by atoms with E-state index in [9.17, 15) is 4.79 Å². The molecule has 0 aromatic carbocycles. The molecule has 6 nitrogen and oxygen atoms in total. The van der Waals surface area contributed by atoms with Crippen LogP contribution in [0, 0.1) is 0 Å². The summed E-state index contributed by atoms with van der Waals surface area (Å²) in [4.78, 5) is 11.9. The lowest BCUT2D eigenvalue weighted by Crippen LogP contribution is -2.40. The van der Waals surface area contributed by atoms with Gasteiger partial charge in [0, 0.05) is 33.4 Å². The van der Waals surface area contributed by atoms with Crippen molar-refractivity contribution in [3.05, 3.63) is 0 Å². The molecule has 2 aliphatic heterocycles. The number of hydrogen-bond donors (Lipinski definition) is 2. The number of amides is 1. The van der Waals surface area contributed by atoms with Gasteiger partial charge in [0.25, 0.3) is 0 Å². The maximum atomic E-state index is 11.9. The van der Waals surface area contributed by atoms with Crippen LogP contribution in [-0.2, 0) is 19.0 Å². The van der Waals surface area contributed by atoms with Gasteiger partial charge in [0.2, 0.25) is 5.91 Å². The molecule has 2 aliphatic rings. The van der Waals surface area contributed by atoms with Crippen molar-refractivity contribution in [2.24, 2.45) is 0 Å². The fraction of sp³-hybridized carbons (Fsp3) is 0.929. The van der Waals surface area contributed by atoms with E-state index in [0.717, 1.165) is 38.8 Å². The monoisotopic (exact) mass is 286 g/mol. The summed E-state index contributed by atoms with van der Waals surface area (Å²) < 4.78 is 16.2. The van der Waals surface area contributed by atoms with Crippen LogP contribution in [0.2, 0.25) is 0 Å². The minimum absolute atomic E-state index is 0.0590. The number of carbonyl (C=O) groups excluding carboxylic acids is 1. The van der Waals surface area contributed by atoms with Crippen molar-refractivity contribution in [2.45, 2.75) is 43.9 Å². The van der Waals surface area contributed by atoms with Crippen LogP contribution in [0.4, 0.5) is 0 Å². The topological polar surface area (TPSA) is 68.8 Å². The van der Waals surface area contributed by atoms with Gasteiger partial charge < -0.3 is 24.8 Å². The molecule has 0 aromatic heterocycles. The second-order valence-corrected chi connectivity index (χ2v) is 5.41. The standard InChI is InChI=1S/C14H26N2O4/c1-18-12-8-13(16-9-12)14(17)15-5-3-6-19-10-11-4-2-7-20-11/h11-13,16H,2-10H2,1H3,(H,15,17). The maximum Gasteiger partial charge on any atom is 0.237 e. The molecule has 3 atom stereocenters. The third kappa shape index (κ3) is 5.01. The molecule has 2 rings (SSSR count). The van der Waals surface area contributed by atoms with Crippen LogP contribution in [0.1, 0.15) is 25.7 Å². The predicted octanol–water partition coefficient (Wildman–Crippen LogP) is 0.0652. The lowest BCUT2D eigenvalue weighted by molar-refractivity contribution is -0.123. The Balaban J connectivity index is 1.45. The van der Waals surface area contributed by atoms with Gasteiger partial charge in [0.15, 0.2) is 0 Å². The van der Waals surface area contributed by atoms with Crippen molar-refractivity contribution >= 4 is 5.91 Å². The zero-order valence-electron chi connectivity index (χ0n) is 12.2. The van der Waals surface area contributed by atoms with Crippen LogP contribution in [0.3, 0.4) is 0 Å². The number of ether oxygens (including phenoxy) is 3. The molecule has 2 heterocycles. The Kier molecular flexibility index (Phi) is 6.72. The van der Waals surface area contributed by atoms with E-state index in [4.69, 9.17) is 14.2 Å². The minimum Gasteiger partial charge on any atom is -0.380 e. The quantitative estimate of drug-likeness (QED) is 0.618. The van der Waals surface area contributed by atoms with Crippen LogP contribution in [-0.4, -0.2) is 64.2 Å². The van der Waals surface area contributed by atoms with Crippen molar-refractivity contribution in [1.29, 1.82) is 0 Å². The van der Waals surface area contributed by atoms with E-state index >= 15 is 0 Å². The normalized spacial score (nSPS) is 29.8. The second kappa shape index (κ2) is 8.56. The zero-order valence-corrected chi connectivity index (χ0v) is 12.2. The number of rotatable bonds is 8. The molecule has 1 amide bonds. The second-order valence-electron chi connectivity index (χ2n) is 5.41. The summed E-state index contributed by atoms with van der Waals surface area (Å²) >= 11 is 0. The summed E-state index contributed by atoms with van der Waals surface area (Å²) in [5.41, 5.74) is 0. The highest BCUT2D eigenvalue weighted by Gasteiger charge is 2.28. The summed E-state index contributed by atoms with van der Waals surface area (Å²) in [5.74, 6) is 0.0590. The van der Waals surface area contributed by atoms with E-state index < -0.39 is 0 Å². The Labute approximate surface area is 120 Å². The largest absolute Gasteiger partial charge is 0.380 e. The molecule has 0 saturated carbocycles. The molecule has 20 heavy (non-hydrogen) atoms. The molecule has 2 saturated heterocycles. The lowest BCUT2D eigenvalue weighted by Gasteiger charge is -2.12. The lowest BCUT2D eigenvalue weighted by atomic mass is 10.2. The van der Waals surface area contributed by atoms with E-state index in [1.54, 1.807) is 7.11 Å². The van der Waals surface area contributed by atoms with Gasteiger partial charge in [0.05, 0.1) is 24.9 Å². The third-order valence-electron chi connectivity index (χ3n) is 3.83. The molecule has 3 unspecified atom stereocenters. The summed E-state index contributed by atoms with van der Waals surface area (Å²) in [6, 6.07) is -0.118. The number of nitrogens with one attached hydrogen (secondary N) is 2. The SMILES string of the molecule is COC1CNC(C(=O)NCCCOCC2CCCO2)C1. The first kappa shape index (κ1) is 15.7. The molecule has 0 aromatic rings. The van der Waals surface area contributed by atoms with E-state index in [0.29, 0.717) is 19.8 Å². The van der Waals surface area contributed by atoms with E-state index in [1.807, 2.05) is 0 Å². The van der Waals surface area contributed by atoms with E-state index in [-0.39, 0.29) is 24.2 Å². The van der Waals surface area contributed by atoms with Crippen LogP contribution < -0.4 is 10.6 Å². The molecule has 6 heteroatoms. The molecular weight excluding hydrogens is 260 g/mol. The van der Waals surface area contributed by atoms with Crippen LogP contribution in [0.5, 0.6) is 0 Å². The van der Waals surface area contributed by atoms with Crippen LogP contribution in [0.25, 0.3) is 0 Å². The van der Waals surface area contributed by atoms with Crippen molar-refractivity contribution in [3.8, 4) is 0 Å². The predicted molar refractivity (Wildman–Crippen MR) is 74.6 cm³/mol. The van der Waals surface area contributed by atoms with Crippen LogP contribution >= 0.6 is 0 Å². The molecule has 116 valence electrons. The Bertz CT molecular complexity index is 295. The molecule has 2 N–H and O–H groups in total. The fourth-order valence-corrected chi connectivity index (χ4v) is 2.58. The summed E-state index contributed by atoms with van der Waals surface area (Å²) in [6.07, 6.45) is 4.25. The van der Waals surface area contributed by atoms with Gasteiger partial charge >= 0.3 is 0 Å². The Morgan fingerprint density at radius 1 is 1.50 bits per heavy atom. The first-order chi connectivity index (χ1) is 9.79. The zero-order chi connectivity index (χ0) is 14.2. The highest BCUT2D eigenvalue weighted by Crippen LogP contribution is 2.12. The third-order valence-corrected chi connectivity index (χ3v) is 3.83. The summed E-state index contributed by atoms with van der Waals surface area (Å²) in [6.45, 7) is 3.60. The van der Waals surface area contributed by atoms with Crippen LogP contribution in [0.15, 0.2) is 0 Å². The van der Waals surface area contributed by atoms with Gasteiger partial charge in [-0.05, 0) is 25.7 Å². The van der Waals surface area contributed by atoms with Gasteiger partial charge in [-0.3, -0.25) is 4.79 Å². The van der Waals surface area contributed by atoms with Gasteiger partial charge in [-0.15, -0.1) is 0 Å². The van der Waals surface area contributed by atoms with Gasteiger partial charge in [0.1, 0.15) is 0 Å². The Hall–Kier alpha value is -0.690. The van der Waals surface area contributed by atoms with Gasteiger partial charge in [-0.2, -0.15) is 0 Å². The molecule has 0 radical (unpaired) electrons. The fourth-order valence-electron chi connectivity index (χ4n) is 2.58. The van der Waals surface area contributed by atoms with Gasteiger partial charge in [-0.1, -0.05) is 0 Å². The molecule has 0 aliphatic carbocycles. The van der Waals surface area contributed by atoms with Gasteiger partial charge in [-0.25, -0.2) is 0 Å².